The van der Waals surface area contributed by atoms with Crippen LogP contribution in [0.2, 0.25) is 0 Å². The molecule has 0 saturated heterocycles. The van der Waals surface area contributed by atoms with Crippen molar-refractivity contribution in [3.63, 3.8) is 0 Å². The third-order valence-corrected chi connectivity index (χ3v) is 6.39. The summed E-state index contributed by atoms with van der Waals surface area (Å²) in [5.74, 6) is 2.00. The van der Waals surface area contributed by atoms with Crippen molar-refractivity contribution in [2.45, 2.75) is 45.4 Å². The number of aromatic nitrogens is 3. The van der Waals surface area contributed by atoms with Gasteiger partial charge in [0.05, 0.1) is 25.5 Å². The largest absolute Gasteiger partial charge is 0.497 e. The fourth-order valence-electron chi connectivity index (χ4n) is 3.56. The molecule has 0 aliphatic rings. The Bertz CT molecular complexity index is 1150. The van der Waals surface area contributed by atoms with Gasteiger partial charge >= 0.3 is 0 Å². The normalized spacial score (nSPS) is 11.7. The van der Waals surface area contributed by atoms with E-state index in [1.165, 1.54) is 11.8 Å². The molecule has 1 unspecified atom stereocenters. The monoisotopic (exact) mass is 511 g/mol. The number of carbonyl (C=O) groups excluding carboxylic acids is 2. The average Bonchev–Trinajstić information content (AvgIpc) is 3.29. The fourth-order valence-corrected chi connectivity index (χ4v) is 4.37. The zero-order chi connectivity index (χ0) is 26.1. The number of amides is 2. The lowest BCUT2D eigenvalue weighted by Gasteiger charge is -2.22. The van der Waals surface area contributed by atoms with E-state index < -0.39 is 0 Å². The van der Waals surface area contributed by atoms with Gasteiger partial charge in [0.25, 0.3) is 5.91 Å². The maximum atomic E-state index is 12.9. The first kappa shape index (κ1) is 27.1. The summed E-state index contributed by atoms with van der Waals surface area (Å²) in [6, 6.07) is 13.8. The Morgan fingerprint density at radius 1 is 1.00 bits per heavy atom. The fraction of sp³-hybridized carbons (Fsp3) is 0.385. The molecule has 0 fully saturated rings. The van der Waals surface area contributed by atoms with Gasteiger partial charge in [0.15, 0.2) is 11.0 Å². The second-order valence-corrected chi connectivity index (χ2v) is 9.25. The van der Waals surface area contributed by atoms with Crippen LogP contribution in [0.5, 0.6) is 11.5 Å². The van der Waals surface area contributed by atoms with Crippen LogP contribution in [0.25, 0.3) is 0 Å². The first-order chi connectivity index (χ1) is 17.4. The van der Waals surface area contributed by atoms with E-state index in [1.54, 1.807) is 43.5 Å². The summed E-state index contributed by atoms with van der Waals surface area (Å²) < 4.78 is 12.5. The van der Waals surface area contributed by atoms with Crippen LogP contribution in [0.15, 0.2) is 53.7 Å². The van der Waals surface area contributed by atoms with Gasteiger partial charge in [-0.05, 0) is 68.3 Å². The lowest BCUT2D eigenvalue weighted by molar-refractivity contribution is -0.113. The standard InChI is InChI=1S/C26H33N5O4S/c1-6-31-24(23(17(3)4)28-25(33)18-8-12-20(34-5)13-9-18)29-30-26(31)36-16-22(32)27-19-10-14-21(15-11-19)35-7-2/h8-15,17,23H,6-7,16H2,1-5H3,(H,27,32)(H,28,33). The highest BCUT2D eigenvalue weighted by Gasteiger charge is 2.26. The van der Waals surface area contributed by atoms with Crippen LogP contribution in [0, 0.1) is 5.92 Å². The van der Waals surface area contributed by atoms with E-state index in [4.69, 9.17) is 9.47 Å². The van der Waals surface area contributed by atoms with E-state index in [0.29, 0.717) is 41.1 Å². The number of hydrogen-bond donors (Lipinski definition) is 2. The van der Waals surface area contributed by atoms with Gasteiger partial charge in [-0.25, -0.2) is 0 Å². The number of anilines is 1. The second-order valence-electron chi connectivity index (χ2n) is 8.30. The van der Waals surface area contributed by atoms with Gasteiger partial charge in [0.1, 0.15) is 11.5 Å². The molecule has 3 rings (SSSR count). The molecule has 0 radical (unpaired) electrons. The van der Waals surface area contributed by atoms with E-state index >= 15 is 0 Å². The molecular weight excluding hydrogens is 478 g/mol. The zero-order valence-electron chi connectivity index (χ0n) is 21.3. The van der Waals surface area contributed by atoms with Gasteiger partial charge in [0.2, 0.25) is 5.91 Å². The molecule has 0 aliphatic heterocycles. The van der Waals surface area contributed by atoms with Crippen molar-refractivity contribution in [2.24, 2.45) is 5.92 Å². The van der Waals surface area contributed by atoms with Gasteiger partial charge in [0, 0.05) is 17.8 Å². The third-order valence-electron chi connectivity index (χ3n) is 5.43. The van der Waals surface area contributed by atoms with Crippen molar-refractivity contribution < 1.29 is 19.1 Å². The maximum absolute atomic E-state index is 12.9. The first-order valence-electron chi connectivity index (χ1n) is 11.9. The van der Waals surface area contributed by atoms with E-state index in [-0.39, 0.29) is 29.5 Å². The van der Waals surface area contributed by atoms with Crippen molar-refractivity contribution >= 4 is 29.3 Å². The van der Waals surface area contributed by atoms with Gasteiger partial charge in [-0.1, -0.05) is 25.6 Å². The quantitative estimate of drug-likeness (QED) is 0.343. The molecule has 3 aromatic rings. The molecule has 1 heterocycles. The minimum Gasteiger partial charge on any atom is -0.497 e. The molecule has 0 bridgehead atoms. The lowest BCUT2D eigenvalue weighted by atomic mass is 10.0. The van der Waals surface area contributed by atoms with Crippen LogP contribution in [0.3, 0.4) is 0 Å². The Balaban J connectivity index is 1.66. The highest BCUT2D eigenvalue weighted by atomic mass is 32.2. The number of nitrogens with one attached hydrogen (secondary N) is 2. The number of benzene rings is 2. The van der Waals surface area contributed by atoms with Gasteiger partial charge in [-0.3, -0.25) is 9.59 Å². The van der Waals surface area contributed by atoms with Crippen LogP contribution >= 0.6 is 11.8 Å². The van der Waals surface area contributed by atoms with Crippen molar-refractivity contribution in [1.82, 2.24) is 20.1 Å². The average molecular weight is 512 g/mol. The second kappa shape index (κ2) is 13.0. The van der Waals surface area contributed by atoms with Crippen LogP contribution < -0.4 is 20.1 Å². The smallest absolute Gasteiger partial charge is 0.251 e. The first-order valence-corrected chi connectivity index (χ1v) is 12.9. The van der Waals surface area contributed by atoms with Crippen molar-refractivity contribution in [2.75, 3.05) is 24.8 Å². The highest BCUT2D eigenvalue weighted by Crippen LogP contribution is 2.26. The molecule has 2 N–H and O–H groups in total. The topological polar surface area (TPSA) is 107 Å². The summed E-state index contributed by atoms with van der Waals surface area (Å²) in [6.07, 6.45) is 0. The summed E-state index contributed by atoms with van der Waals surface area (Å²) in [5, 5.41) is 15.3. The minimum atomic E-state index is -0.348. The Labute approximate surface area is 216 Å². The van der Waals surface area contributed by atoms with Gasteiger partial charge < -0.3 is 24.7 Å². The lowest BCUT2D eigenvalue weighted by Crippen LogP contribution is -2.33. The van der Waals surface area contributed by atoms with Crippen molar-refractivity contribution in [3.8, 4) is 11.5 Å². The zero-order valence-corrected chi connectivity index (χ0v) is 22.1. The molecule has 36 heavy (non-hydrogen) atoms. The molecule has 1 aromatic heterocycles. The van der Waals surface area contributed by atoms with E-state index in [1.807, 2.05) is 44.4 Å². The molecule has 1 atom stereocenters. The predicted molar refractivity (Wildman–Crippen MR) is 141 cm³/mol. The van der Waals surface area contributed by atoms with E-state index in [0.717, 1.165) is 5.75 Å². The molecule has 10 heteroatoms. The Morgan fingerprint density at radius 3 is 2.25 bits per heavy atom. The molecule has 9 nitrogen and oxygen atoms in total. The minimum absolute atomic E-state index is 0.0718. The number of thioether (sulfide) groups is 1. The molecule has 0 saturated carbocycles. The molecule has 192 valence electrons. The predicted octanol–water partition coefficient (Wildman–Crippen LogP) is 4.56. The molecule has 2 amide bonds. The van der Waals surface area contributed by atoms with Crippen LogP contribution in [-0.2, 0) is 11.3 Å². The summed E-state index contributed by atoms with van der Waals surface area (Å²) in [6.45, 7) is 9.14. The van der Waals surface area contributed by atoms with Crippen LogP contribution in [0.4, 0.5) is 5.69 Å². The van der Waals surface area contributed by atoms with Gasteiger partial charge in [-0.2, -0.15) is 0 Å². The molecular formula is C26H33N5O4S. The van der Waals surface area contributed by atoms with Crippen LogP contribution in [-0.4, -0.2) is 46.0 Å². The van der Waals surface area contributed by atoms with Gasteiger partial charge in [-0.15, -0.1) is 10.2 Å². The number of hydrogen-bond acceptors (Lipinski definition) is 7. The number of nitrogens with zero attached hydrogens (tertiary/aromatic N) is 3. The molecule has 2 aromatic carbocycles. The third kappa shape index (κ3) is 7.00. The highest BCUT2D eigenvalue weighted by molar-refractivity contribution is 7.99. The summed E-state index contributed by atoms with van der Waals surface area (Å²) in [4.78, 5) is 25.4. The number of methoxy groups -OCH3 is 1. The SMILES string of the molecule is CCOc1ccc(NC(=O)CSc2nnc(C(NC(=O)c3ccc(OC)cc3)C(C)C)n2CC)cc1. The maximum Gasteiger partial charge on any atom is 0.251 e. The van der Waals surface area contributed by atoms with Crippen LogP contribution in [0.1, 0.15) is 49.9 Å². The molecule has 0 aliphatic carbocycles. The summed E-state index contributed by atoms with van der Waals surface area (Å²) in [7, 11) is 1.58. The number of rotatable bonds is 12. The Kier molecular flexibility index (Phi) is 9.75. The summed E-state index contributed by atoms with van der Waals surface area (Å²) >= 11 is 1.31. The Morgan fingerprint density at radius 2 is 1.67 bits per heavy atom. The number of carbonyl (C=O) groups is 2. The van der Waals surface area contributed by atoms with Crippen molar-refractivity contribution in [3.05, 3.63) is 59.9 Å². The van der Waals surface area contributed by atoms with E-state index in [9.17, 15) is 9.59 Å². The number of ether oxygens (including phenoxy) is 2. The van der Waals surface area contributed by atoms with E-state index in [2.05, 4.69) is 20.8 Å². The van der Waals surface area contributed by atoms with Crippen molar-refractivity contribution in [1.29, 1.82) is 0 Å². The summed E-state index contributed by atoms with van der Waals surface area (Å²) in [5.41, 5.74) is 1.23. The Hall–Kier alpha value is -3.53. The molecule has 0 spiro atoms.